The minimum Gasteiger partial charge on any atom is -0.383 e. The highest BCUT2D eigenvalue weighted by atomic mass is 19.4. The van der Waals surface area contributed by atoms with Crippen LogP contribution in [-0.4, -0.2) is 60.3 Å². The van der Waals surface area contributed by atoms with E-state index in [1.54, 1.807) is 31.4 Å². The molecule has 1 aromatic heterocycles. The van der Waals surface area contributed by atoms with Gasteiger partial charge in [0.05, 0.1) is 24.2 Å². The molecule has 1 saturated heterocycles. The second kappa shape index (κ2) is 8.91. The number of hydrogen-bond donors (Lipinski definition) is 1. The van der Waals surface area contributed by atoms with Crippen LogP contribution in [0.5, 0.6) is 0 Å². The molecule has 1 aliphatic rings. The fraction of sp³-hybridized carbons (Fsp3) is 0.579. The van der Waals surface area contributed by atoms with E-state index in [0.29, 0.717) is 43.8 Å². The van der Waals surface area contributed by atoms with E-state index in [1.165, 1.54) is 4.57 Å². The standard InChI is InChI=1S/C19H25F3N4O2/c1-28-11-8-23-17(27)13-25-9-6-14(7-10-25)12-26-16-5-3-2-4-15(16)24-18(26)19(20,21)22/h2-5,14H,6-13H2,1H3,(H,23,27). The molecule has 1 N–H and O–H groups in total. The van der Waals surface area contributed by atoms with Crippen molar-refractivity contribution in [3.05, 3.63) is 30.1 Å². The summed E-state index contributed by atoms with van der Waals surface area (Å²) in [7, 11) is 1.57. The van der Waals surface area contributed by atoms with Gasteiger partial charge in [-0.05, 0) is 44.0 Å². The van der Waals surface area contributed by atoms with Crippen LogP contribution < -0.4 is 5.32 Å². The molecule has 6 nitrogen and oxygen atoms in total. The van der Waals surface area contributed by atoms with Crippen LogP contribution in [0.3, 0.4) is 0 Å². The van der Waals surface area contributed by atoms with Crippen molar-refractivity contribution in [1.82, 2.24) is 19.8 Å². The number of methoxy groups -OCH3 is 1. The summed E-state index contributed by atoms with van der Waals surface area (Å²) in [5, 5.41) is 2.78. The van der Waals surface area contributed by atoms with Gasteiger partial charge in [0.1, 0.15) is 0 Å². The molecule has 0 saturated carbocycles. The Morgan fingerprint density at radius 2 is 2.00 bits per heavy atom. The maximum absolute atomic E-state index is 13.4. The number of nitrogens with one attached hydrogen (secondary N) is 1. The molecule has 1 aromatic carbocycles. The Hall–Kier alpha value is -2.13. The lowest BCUT2D eigenvalue weighted by Gasteiger charge is -2.32. The van der Waals surface area contributed by atoms with Crippen molar-refractivity contribution in [3.63, 3.8) is 0 Å². The normalized spacial score (nSPS) is 16.6. The van der Waals surface area contributed by atoms with Gasteiger partial charge in [0.2, 0.25) is 11.7 Å². The average molecular weight is 398 g/mol. The molecule has 9 heteroatoms. The van der Waals surface area contributed by atoms with Gasteiger partial charge in [0.15, 0.2) is 0 Å². The largest absolute Gasteiger partial charge is 0.449 e. The summed E-state index contributed by atoms with van der Waals surface area (Å²) in [5.74, 6) is -0.782. The fourth-order valence-electron chi connectivity index (χ4n) is 3.61. The van der Waals surface area contributed by atoms with Crippen molar-refractivity contribution in [2.45, 2.75) is 25.6 Å². The lowest BCUT2D eigenvalue weighted by Crippen LogP contribution is -2.42. The zero-order chi connectivity index (χ0) is 20.1. The number of benzene rings is 1. The number of aromatic nitrogens is 2. The highest BCUT2D eigenvalue weighted by Crippen LogP contribution is 2.33. The van der Waals surface area contributed by atoms with Crippen molar-refractivity contribution in [3.8, 4) is 0 Å². The molecule has 0 atom stereocenters. The minimum absolute atomic E-state index is 0.0598. The van der Waals surface area contributed by atoms with Crippen molar-refractivity contribution < 1.29 is 22.7 Å². The molecule has 0 spiro atoms. The van der Waals surface area contributed by atoms with E-state index in [4.69, 9.17) is 4.74 Å². The number of piperidine rings is 1. The van der Waals surface area contributed by atoms with E-state index in [0.717, 1.165) is 12.8 Å². The molecule has 1 fully saturated rings. The molecular weight excluding hydrogens is 373 g/mol. The number of likely N-dealkylation sites (tertiary alicyclic amines) is 1. The first-order chi connectivity index (χ1) is 13.4. The first kappa shape index (κ1) is 20.6. The average Bonchev–Trinajstić information content (AvgIpc) is 3.03. The topological polar surface area (TPSA) is 59.4 Å². The molecule has 154 valence electrons. The number of carbonyl (C=O) groups is 1. The maximum atomic E-state index is 13.4. The number of alkyl halides is 3. The molecule has 0 bridgehead atoms. The fourth-order valence-corrected chi connectivity index (χ4v) is 3.61. The van der Waals surface area contributed by atoms with E-state index in [1.807, 2.05) is 4.90 Å². The number of hydrogen-bond acceptors (Lipinski definition) is 4. The molecule has 1 amide bonds. The molecule has 0 radical (unpaired) electrons. The number of imidazole rings is 1. The summed E-state index contributed by atoms with van der Waals surface area (Å²) in [4.78, 5) is 17.7. The van der Waals surface area contributed by atoms with Gasteiger partial charge in [-0.25, -0.2) is 4.98 Å². The number of amides is 1. The Morgan fingerprint density at radius 1 is 1.29 bits per heavy atom. The van der Waals surface area contributed by atoms with Crippen LogP contribution in [0.25, 0.3) is 11.0 Å². The zero-order valence-electron chi connectivity index (χ0n) is 15.8. The van der Waals surface area contributed by atoms with Gasteiger partial charge in [0.25, 0.3) is 0 Å². The molecular formula is C19H25F3N4O2. The SMILES string of the molecule is COCCNC(=O)CN1CCC(Cn2c(C(F)(F)F)nc3ccccc32)CC1. The van der Waals surface area contributed by atoms with E-state index >= 15 is 0 Å². The Kier molecular flexibility index (Phi) is 6.56. The van der Waals surface area contributed by atoms with E-state index in [-0.39, 0.29) is 18.4 Å². The van der Waals surface area contributed by atoms with Crippen LogP contribution in [0.1, 0.15) is 18.7 Å². The summed E-state index contributed by atoms with van der Waals surface area (Å²) in [6.45, 7) is 2.90. The summed E-state index contributed by atoms with van der Waals surface area (Å²) < 4.78 is 46.5. The third-order valence-electron chi connectivity index (χ3n) is 5.05. The van der Waals surface area contributed by atoms with Crippen molar-refractivity contribution in [2.24, 2.45) is 5.92 Å². The molecule has 3 rings (SSSR count). The number of nitrogens with zero attached hydrogens (tertiary/aromatic N) is 3. The second-order valence-corrected chi connectivity index (χ2v) is 7.09. The van der Waals surface area contributed by atoms with Crippen LogP contribution in [-0.2, 0) is 22.3 Å². The van der Waals surface area contributed by atoms with E-state index in [2.05, 4.69) is 10.3 Å². The van der Waals surface area contributed by atoms with Gasteiger partial charge in [-0.2, -0.15) is 13.2 Å². The maximum Gasteiger partial charge on any atom is 0.449 e. The third-order valence-corrected chi connectivity index (χ3v) is 5.05. The Labute approximate surface area is 161 Å². The Balaban J connectivity index is 1.60. The predicted molar refractivity (Wildman–Crippen MR) is 98.8 cm³/mol. The molecule has 28 heavy (non-hydrogen) atoms. The number of fused-ring (bicyclic) bond motifs is 1. The number of rotatable bonds is 7. The van der Waals surface area contributed by atoms with E-state index < -0.39 is 12.0 Å². The van der Waals surface area contributed by atoms with Crippen molar-refractivity contribution in [2.75, 3.05) is 39.9 Å². The van der Waals surface area contributed by atoms with Crippen LogP contribution in [0.15, 0.2) is 24.3 Å². The summed E-state index contributed by atoms with van der Waals surface area (Å²) >= 11 is 0. The molecule has 0 aliphatic carbocycles. The van der Waals surface area contributed by atoms with Gasteiger partial charge < -0.3 is 14.6 Å². The van der Waals surface area contributed by atoms with Crippen molar-refractivity contribution in [1.29, 1.82) is 0 Å². The summed E-state index contributed by atoms with van der Waals surface area (Å²) in [6, 6.07) is 6.70. The lowest BCUT2D eigenvalue weighted by atomic mass is 9.96. The third kappa shape index (κ3) is 5.02. The Morgan fingerprint density at radius 3 is 2.68 bits per heavy atom. The highest BCUT2D eigenvalue weighted by Gasteiger charge is 2.38. The zero-order valence-corrected chi connectivity index (χ0v) is 15.8. The van der Waals surface area contributed by atoms with E-state index in [9.17, 15) is 18.0 Å². The quantitative estimate of drug-likeness (QED) is 0.729. The molecule has 2 aromatic rings. The lowest BCUT2D eigenvalue weighted by molar-refractivity contribution is -0.147. The van der Waals surface area contributed by atoms with Crippen LogP contribution >= 0.6 is 0 Å². The number of para-hydroxylation sites is 2. The highest BCUT2D eigenvalue weighted by molar-refractivity contribution is 5.78. The van der Waals surface area contributed by atoms with Crippen LogP contribution in [0, 0.1) is 5.92 Å². The Bertz CT molecular complexity index is 798. The monoisotopic (exact) mass is 398 g/mol. The summed E-state index contributed by atoms with van der Waals surface area (Å²) in [6.07, 6.45) is -3.00. The van der Waals surface area contributed by atoms with Gasteiger partial charge in [-0.15, -0.1) is 0 Å². The van der Waals surface area contributed by atoms with Gasteiger partial charge in [-0.3, -0.25) is 9.69 Å². The van der Waals surface area contributed by atoms with Crippen LogP contribution in [0.2, 0.25) is 0 Å². The number of carbonyl (C=O) groups excluding carboxylic acids is 1. The molecule has 1 aliphatic heterocycles. The molecule has 0 unspecified atom stereocenters. The first-order valence-electron chi connectivity index (χ1n) is 9.39. The predicted octanol–water partition coefficient (Wildman–Crippen LogP) is 2.53. The number of halogens is 3. The summed E-state index contributed by atoms with van der Waals surface area (Å²) in [5.41, 5.74) is 0.870. The van der Waals surface area contributed by atoms with Crippen molar-refractivity contribution >= 4 is 16.9 Å². The van der Waals surface area contributed by atoms with Crippen LogP contribution in [0.4, 0.5) is 13.2 Å². The second-order valence-electron chi connectivity index (χ2n) is 7.09. The number of ether oxygens (including phenoxy) is 1. The first-order valence-corrected chi connectivity index (χ1v) is 9.39. The molecule has 2 heterocycles. The minimum atomic E-state index is -4.49. The van der Waals surface area contributed by atoms with Gasteiger partial charge in [-0.1, -0.05) is 12.1 Å². The van der Waals surface area contributed by atoms with Gasteiger partial charge in [0, 0.05) is 20.2 Å². The van der Waals surface area contributed by atoms with Gasteiger partial charge >= 0.3 is 6.18 Å². The smallest absolute Gasteiger partial charge is 0.383 e.